The molecule has 0 fully saturated rings. The molecule has 0 saturated carbocycles. The Morgan fingerprint density at radius 3 is 2.91 bits per heavy atom. The predicted octanol–water partition coefficient (Wildman–Crippen LogP) is 0.0757. The Balaban J connectivity index is 2.97. The Labute approximate surface area is 72.3 Å². The van der Waals surface area contributed by atoms with Gasteiger partial charge >= 0.3 is 0 Å². The zero-order chi connectivity index (χ0) is 8.53. The van der Waals surface area contributed by atoms with Crippen LogP contribution in [0.5, 0.6) is 0 Å². The molecular formula is C7H17NO2S. The highest BCUT2D eigenvalue weighted by molar-refractivity contribution is 7.99. The van der Waals surface area contributed by atoms with Gasteiger partial charge in [-0.1, -0.05) is 0 Å². The zero-order valence-electron chi connectivity index (χ0n) is 6.95. The number of methoxy groups -OCH3 is 1. The van der Waals surface area contributed by atoms with Crippen LogP contribution in [0.15, 0.2) is 0 Å². The first-order chi connectivity index (χ1) is 5.31. The Bertz CT molecular complexity index is 82.8. The smallest absolute Gasteiger partial charge is 0.0621 e. The number of aliphatic hydroxyl groups is 1. The van der Waals surface area contributed by atoms with Crippen LogP contribution in [0.3, 0.4) is 0 Å². The van der Waals surface area contributed by atoms with Crippen molar-refractivity contribution in [2.24, 2.45) is 5.73 Å². The zero-order valence-corrected chi connectivity index (χ0v) is 7.77. The van der Waals surface area contributed by atoms with Gasteiger partial charge in [0.05, 0.1) is 6.61 Å². The van der Waals surface area contributed by atoms with Crippen LogP contribution in [0, 0.1) is 0 Å². The molecule has 0 spiro atoms. The van der Waals surface area contributed by atoms with Crippen LogP contribution in [-0.2, 0) is 4.74 Å². The van der Waals surface area contributed by atoms with Gasteiger partial charge in [-0.05, 0) is 12.2 Å². The molecule has 0 aromatic carbocycles. The average Bonchev–Trinajstić information content (AvgIpc) is 1.99. The van der Waals surface area contributed by atoms with Crippen molar-refractivity contribution in [3.05, 3.63) is 0 Å². The summed E-state index contributed by atoms with van der Waals surface area (Å²) in [5, 5.41) is 8.47. The average molecular weight is 179 g/mol. The Kier molecular flexibility index (Phi) is 8.50. The lowest BCUT2D eigenvalue weighted by Gasteiger charge is -2.08. The van der Waals surface area contributed by atoms with Gasteiger partial charge < -0.3 is 15.6 Å². The first-order valence-corrected chi connectivity index (χ1v) is 4.90. The van der Waals surface area contributed by atoms with Crippen LogP contribution >= 0.6 is 11.8 Å². The van der Waals surface area contributed by atoms with Crippen molar-refractivity contribution in [2.75, 3.05) is 31.8 Å². The molecule has 0 aliphatic rings. The minimum absolute atomic E-state index is 0.128. The van der Waals surface area contributed by atoms with Crippen LogP contribution in [0.2, 0.25) is 0 Å². The molecule has 0 aliphatic heterocycles. The SMILES string of the molecule is COCC(N)CSCCCO. The monoisotopic (exact) mass is 179 g/mol. The second-order valence-corrected chi connectivity index (χ2v) is 3.52. The van der Waals surface area contributed by atoms with Gasteiger partial charge in [0.1, 0.15) is 0 Å². The van der Waals surface area contributed by atoms with E-state index in [9.17, 15) is 0 Å². The maximum atomic E-state index is 8.47. The van der Waals surface area contributed by atoms with Crippen molar-refractivity contribution in [1.82, 2.24) is 0 Å². The van der Waals surface area contributed by atoms with Crippen LogP contribution < -0.4 is 5.73 Å². The van der Waals surface area contributed by atoms with Gasteiger partial charge in [0, 0.05) is 25.5 Å². The minimum Gasteiger partial charge on any atom is -0.396 e. The van der Waals surface area contributed by atoms with E-state index in [1.165, 1.54) is 0 Å². The quantitative estimate of drug-likeness (QED) is 0.543. The van der Waals surface area contributed by atoms with Gasteiger partial charge in [0.25, 0.3) is 0 Å². The van der Waals surface area contributed by atoms with Crippen LogP contribution in [-0.4, -0.2) is 43.0 Å². The summed E-state index contributed by atoms with van der Waals surface area (Å²) in [5.41, 5.74) is 5.66. The Morgan fingerprint density at radius 1 is 1.64 bits per heavy atom. The molecule has 0 heterocycles. The standard InChI is InChI=1S/C7H17NO2S/c1-10-5-7(8)6-11-4-2-3-9/h7,9H,2-6,8H2,1H3. The number of thioether (sulfide) groups is 1. The Hall–Kier alpha value is 0.230. The summed E-state index contributed by atoms with van der Waals surface area (Å²) in [5.74, 6) is 1.89. The molecule has 1 unspecified atom stereocenters. The van der Waals surface area contributed by atoms with E-state index >= 15 is 0 Å². The van der Waals surface area contributed by atoms with Gasteiger partial charge in [0.2, 0.25) is 0 Å². The first-order valence-electron chi connectivity index (χ1n) is 3.74. The number of hydrogen-bond donors (Lipinski definition) is 2. The number of aliphatic hydroxyl groups excluding tert-OH is 1. The minimum atomic E-state index is 0.128. The number of nitrogens with two attached hydrogens (primary N) is 1. The molecule has 0 radical (unpaired) electrons. The Morgan fingerprint density at radius 2 is 2.36 bits per heavy atom. The molecule has 0 amide bonds. The molecule has 1 atom stereocenters. The fourth-order valence-electron chi connectivity index (χ4n) is 0.664. The van der Waals surface area contributed by atoms with Crippen molar-refractivity contribution in [2.45, 2.75) is 12.5 Å². The summed E-state index contributed by atoms with van der Waals surface area (Å²) < 4.78 is 4.87. The second-order valence-electron chi connectivity index (χ2n) is 2.37. The van der Waals surface area contributed by atoms with E-state index in [0.717, 1.165) is 17.9 Å². The van der Waals surface area contributed by atoms with E-state index in [-0.39, 0.29) is 12.6 Å². The third-order valence-corrected chi connectivity index (χ3v) is 2.40. The third kappa shape index (κ3) is 8.13. The van der Waals surface area contributed by atoms with Crippen molar-refractivity contribution in [3.8, 4) is 0 Å². The summed E-state index contributed by atoms with van der Waals surface area (Å²) in [4.78, 5) is 0. The van der Waals surface area contributed by atoms with Crippen LogP contribution in [0.4, 0.5) is 0 Å². The fraction of sp³-hybridized carbons (Fsp3) is 1.00. The lowest BCUT2D eigenvalue weighted by Crippen LogP contribution is -2.28. The van der Waals surface area contributed by atoms with Gasteiger partial charge in [-0.15, -0.1) is 0 Å². The molecule has 0 rings (SSSR count). The van der Waals surface area contributed by atoms with Gasteiger partial charge in [-0.2, -0.15) is 11.8 Å². The number of ether oxygens (including phenoxy) is 1. The van der Waals surface area contributed by atoms with Crippen molar-refractivity contribution < 1.29 is 9.84 Å². The van der Waals surface area contributed by atoms with E-state index in [1.54, 1.807) is 18.9 Å². The number of hydrogen-bond acceptors (Lipinski definition) is 4. The molecule has 0 aliphatic carbocycles. The van der Waals surface area contributed by atoms with Crippen LogP contribution in [0.25, 0.3) is 0 Å². The predicted molar refractivity (Wildman–Crippen MR) is 48.9 cm³/mol. The van der Waals surface area contributed by atoms with Crippen LogP contribution in [0.1, 0.15) is 6.42 Å². The molecule has 0 aromatic rings. The van der Waals surface area contributed by atoms with Crippen molar-refractivity contribution in [1.29, 1.82) is 0 Å². The molecule has 11 heavy (non-hydrogen) atoms. The van der Waals surface area contributed by atoms with E-state index in [1.807, 2.05) is 0 Å². The maximum Gasteiger partial charge on any atom is 0.0621 e. The molecule has 4 heteroatoms. The first kappa shape index (κ1) is 11.2. The lowest BCUT2D eigenvalue weighted by molar-refractivity contribution is 0.186. The molecule has 0 aromatic heterocycles. The van der Waals surface area contributed by atoms with Gasteiger partial charge in [-0.25, -0.2) is 0 Å². The highest BCUT2D eigenvalue weighted by atomic mass is 32.2. The van der Waals surface area contributed by atoms with Crippen molar-refractivity contribution in [3.63, 3.8) is 0 Å². The highest BCUT2D eigenvalue weighted by Crippen LogP contribution is 2.03. The van der Waals surface area contributed by atoms with Crippen molar-refractivity contribution >= 4 is 11.8 Å². The van der Waals surface area contributed by atoms with E-state index in [0.29, 0.717) is 6.61 Å². The third-order valence-electron chi connectivity index (χ3n) is 1.16. The molecule has 0 saturated heterocycles. The fourth-order valence-corrected chi connectivity index (χ4v) is 1.56. The largest absolute Gasteiger partial charge is 0.396 e. The summed E-state index contributed by atoms with van der Waals surface area (Å²) in [6.45, 7) is 0.888. The highest BCUT2D eigenvalue weighted by Gasteiger charge is 2.00. The molecule has 3 nitrogen and oxygen atoms in total. The number of rotatable bonds is 7. The summed E-state index contributed by atoms with van der Waals surface area (Å²) in [6.07, 6.45) is 0.852. The molecule has 68 valence electrons. The normalized spacial score (nSPS) is 13.4. The summed E-state index contributed by atoms with van der Waals surface area (Å²) in [7, 11) is 1.65. The maximum absolute atomic E-state index is 8.47. The second kappa shape index (κ2) is 8.33. The molecular weight excluding hydrogens is 162 g/mol. The lowest BCUT2D eigenvalue weighted by atomic mass is 10.4. The van der Waals surface area contributed by atoms with E-state index in [4.69, 9.17) is 15.6 Å². The summed E-state index contributed by atoms with van der Waals surface area (Å²) >= 11 is 1.76. The van der Waals surface area contributed by atoms with Gasteiger partial charge in [-0.3, -0.25) is 0 Å². The summed E-state index contributed by atoms with van der Waals surface area (Å²) in [6, 6.07) is 0.128. The van der Waals surface area contributed by atoms with E-state index in [2.05, 4.69) is 0 Å². The van der Waals surface area contributed by atoms with Gasteiger partial charge in [0.15, 0.2) is 0 Å². The molecule has 0 bridgehead atoms. The van der Waals surface area contributed by atoms with E-state index < -0.39 is 0 Å². The molecule has 3 N–H and O–H groups in total. The topological polar surface area (TPSA) is 55.5 Å².